The van der Waals surface area contributed by atoms with Crippen LogP contribution in [0.4, 0.5) is 10.8 Å². The van der Waals surface area contributed by atoms with Gasteiger partial charge in [0.05, 0.1) is 30.5 Å². The Labute approximate surface area is 220 Å². The van der Waals surface area contributed by atoms with Crippen molar-refractivity contribution in [2.45, 2.75) is 13.0 Å². The second kappa shape index (κ2) is 10.6. The third-order valence-electron chi connectivity index (χ3n) is 6.08. The first-order chi connectivity index (χ1) is 17.5. The Balaban J connectivity index is 0.000000480. The molecule has 2 heterocycles. The minimum Gasteiger partial charge on any atom is -0.726 e. The zero-order valence-corrected chi connectivity index (χ0v) is 22.8. The van der Waals surface area contributed by atoms with Crippen molar-refractivity contribution in [2.75, 3.05) is 31.1 Å². The highest BCUT2D eigenvalue weighted by Gasteiger charge is 2.42. The molecule has 194 valence electrons. The molecule has 0 saturated carbocycles. The number of amides is 1. The van der Waals surface area contributed by atoms with E-state index in [0.29, 0.717) is 0 Å². The minimum absolute atomic E-state index is 0.00424. The lowest BCUT2D eigenvalue weighted by Crippen LogP contribution is -2.44. The second-order valence-corrected chi connectivity index (χ2v) is 10.9. The van der Waals surface area contributed by atoms with Crippen LogP contribution in [0.25, 0.3) is 27.1 Å². The van der Waals surface area contributed by atoms with E-state index in [1.165, 1.54) is 11.1 Å². The third kappa shape index (κ3) is 5.50. The predicted molar refractivity (Wildman–Crippen MR) is 146 cm³/mol. The Kier molecular flexibility index (Phi) is 7.62. The molecule has 0 spiro atoms. The fourth-order valence-corrected chi connectivity index (χ4v) is 5.36. The summed E-state index contributed by atoms with van der Waals surface area (Å²) in [6.45, 7) is 2.04. The molecule has 3 aromatic carbocycles. The van der Waals surface area contributed by atoms with Crippen molar-refractivity contribution < 1.29 is 26.5 Å². The third-order valence-corrected chi connectivity index (χ3v) is 7.69. The second-order valence-electron chi connectivity index (χ2n) is 8.69. The van der Waals surface area contributed by atoms with E-state index in [0.717, 1.165) is 39.0 Å². The number of hydrogen-bond acceptors (Lipinski definition) is 8. The van der Waals surface area contributed by atoms with Crippen molar-refractivity contribution in [3.05, 3.63) is 71.8 Å². The lowest BCUT2D eigenvalue weighted by Gasteiger charge is -2.16. The van der Waals surface area contributed by atoms with Gasteiger partial charge in [0, 0.05) is 25.2 Å². The summed E-state index contributed by atoms with van der Waals surface area (Å²) in [6.07, 6.45) is 2.04. The van der Waals surface area contributed by atoms with Gasteiger partial charge in [0.1, 0.15) is 5.52 Å². The summed E-state index contributed by atoms with van der Waals surface area (Å²) in [4.78, 5) is 15.6. The summed E-state index contributed by atoms with van der Waals surface area (Å²) < 4.78 is 34.2. The van der Waals surface area contributed by atoms with Crippen LogP contribution in [0.15, 0.2) is 66.2 Å². The summed E-state index contributed by atoms with van der Waals surface area (Å²) in [7, 11) is 2.50. The summed E-state index contributed by atoms with van der Waals surface area (Å²) in [6, 6.07) is 20.7. The van der Waals surface area contributed by atoms with Crippen molar-refractivity contribution in [3.63, 3.8) is 0 Å². The van der Waals surface area contributed by atoms with Crippen LogP contribution in [-0.2, 0) is 26.4 Å². The molecule has 37 heavy (non-hydrogen) atoms. The van der Waals surface area contributed by atoms with Crippen LogP contribution in [0.1, 0.15) is 12.5 Å². The van der Waals surface area contributed by atoms with E-state index in [1.54, 1.807) is 16.3 Å². The number of aromatic nitrogens is 1. The van der Waals surface area contributed by atoms with E-state index in [4.69, 9.17) is 0 Å². The lowest BCUT2D eigenvalue weighted by atomic mass is 9.99. The van der Waals surface area contributed by atoms with Gasteiger partial charge in [-0.25, -0.2) is 17.8 Å². The minimum atomic E-state index is -4.41. The quantitative estimate of drug-likeness (QED) is 0.183. The number of nitrogens with one attached hydrogen (secondary N) is 1. The number of thiazole rings is 1. The molecule has 1 aromatic heterocycles. The maximum Gasteiger partial charge on any atom is 0.363 e. The molecule has 1 amide bonds. The molecular weight excluding hydrogens is 512 g/mol. The maximum absolute atomic E-state index is 13.4. The Morgan fingerprint density at radius 2 is 1.70 bits per heavy atom. The lowest BCUT2D eigenvalue weighted by molar-refractivity contribution is -0.628. The standard InChI is InChI=1S/C25H25N4OS.CH4O4S/c1-16-20(15-17-13-14-21(27(2)3)19-10-6-5-9-18(17)19)24(30)29(26-16)25-28(4)22-11-7-8-12-23(22)31-25;1-5-6(2,3)4/h5-16,26H,1-4H3;1H3,(H,2,3,4)/q+1;/p-1. The Morgan fingerprint density at radius 3 is 2.32 bits per heavy atom. The van der Waals surface area contributed by atoms with Crippen molar-refractivity contribution in [3.8, 4) is 0 Å². The SMILES string of the molecule is CC1NN(c2sc3ccccc3[n+]2C)C(=O)C1=Cc1ccc(N(C)C)c2ccccc12.COS(=O)(=O)[O-]. The van der Waals surface area contributed by atoms with Crippen LogP contribution < -0.4 is 19.9 Å². The van der Waals surface area contributed by atoms with Crippen LogP contribution >= 0.6 is 11.3 Å². The number of nitrogens with zero attached hydrogens (tertiary/aromatic N) is 3. The average Bonchev–Trinajstić information content (AvgIpc) is 3.34. The highest BCUT2D eigenvalue weighted by atomic mass is 32.3. The Hall–Kier alpha value is -3.35. The molecule has 5 rings (SSSR count). The predicted octanol–water partition coefficient (Wildman–Crippen LogP) is 3.36. The molecule has 1 unspecified atom stereocenters. The van der Waals surface area contributed by atoms with Gasteiger partial charge in [0.15, 0.2) is 0 Å². The fraction of sp³-hybridized carbons (Fsp3) is 0.231. The Morgan fingerprint density at radius 1 is 1.08 bits per heavy atom. The summed E-state index contributed by atoms with van der Waals surface area (Å²) in [5.74, 6) is -0.00424. The molecule has 11 heteroatoms. The molecule has 0 radical (unpaired) electrons. The number of hydrogen-bond donors (Lipinski definition) is 1. The summed E-state index contributed by atoms with van der Waals surface area (Å²) >= 11 is 1.62. The number of carbonyl (C=O) groups excluding carboxylic acids is 1. The highest BCUT2D eigenvalue weighted by Crippen LogP contribution is 2.33. The zero-order valence-electron chi connectivity index (χ0n) is 21.1. The van der Waals surface area contributed by atoms with Gasteiger partial charge >= 0.3 is 11.0 Å². The number of aryl methyl sites for hydroxylation is 1. The first-order valence-electron chi connectivity index (χ1n) is 11.4. The van der Waals surface area contributed by atoms with Crippen molar-refractivity contribution in [1.82, 2.24) is 5.43 Å². The van der Waals surface area contributed by atoms with Crippen molar-refractivity contribution >= 4 is 65.5 Å². The maximum atomic E-state index is 13.4. The van der Waals surface area contributed by atoms with Gasteiger partial charge in [-0.05, 0) is 53.5 Å². The topological polar surface area (TPSA) is 106 Å². The van der Waals surface area contributed by atoms with Gasteiger partial charge in [0.2, 0.25) is 10.4 Å². The highest BCUT2D eigenvalue weighted by molar-refractivity contribution is 7.80. The van der Waals surface area contributed by atoms with Crippen molar-refractivity contribution in [1.29, 1.82) is 0 Å². The van der Waals surface area contributed by atoms with Gasteiger partial charge in [-0.2, -0.15) is 0 Å². The number of hydrazine groups is 1. The van der Waals surface area contributed by atoms with Gasteiger partial charge in [-0.3, -0.25) is 4.18 Å². The van der Waals surface area contributed by atoms with E-state index < -0.39 is 10.4 Å². The number of rotatable bonds is 4. The monoisotopic (exact) mass is 540 g/mol. The fourth-order valence-electron chi connectivity index (χ4n) is 4.24. The van der Waals surface area contributed by atoms with Crippen LogP contribution in [0.2, 0.25) is 0 Å². The molecule has 1 fully saturated rings. The van der Waals surface area contributed by atoms with Crippen molar-refractivity contribution in [2.24, 2.45) is 7.05 Å². The smallest absolute Gasteiger partial charge is 0.363 e. The average molecular weight is 541 g/mol. The summed E-state index contributed by atoms with van der Waals surface area (Å²) in [5.41, 5.74) is 7.47. The molecule has 1 saturated heterocycles. The number of carbonyl (C=O) groups is 1. The first-order valence-corrected chi connectivity index (χ1v) is 13.6. The molecule has 1 aliphatic heterocycles. The molecule has 4 aromatic rings. The molecule has 9 nitrogen and oxygen atoms in total. The first kappa shape index (κ1) is 26.7. The van der Waals surface area contributed by atoms with E-state index >= 15 is 0 Å². The number of anilines is 2. The number of para-hydroxylation sites is 1. The van der Waals surface area contributed by atoms with E-state index in [1.807, 2.05) is 38.2 Å². The van der Waals surface area contributed by atoms with Gasteiger partial charge in [0.25, 0.3) is 0 Å². The van der Waals surface area contributed by atoms with Gasteiger partial charge in [-0.1, -0.05) is 47.5 Å². The van der Waals surface area contributed by atoms with Gasteiger partial charge in [-0.15, -0.1) is 5.43 Å². The molecule has 1 N–H and O–H groups in total. The van der Waals surface area contributed by atoms with Crippen LogP contribution in [-0.4, -0.2) is 46.1 Å². The van der Waals surface area contributed by atoms with Crippen LogP contribution in [0, 0.1) is 0 Å². The van der Waals surface area contributed by atoms with Gasteiger partial charge < -0.3 is 9.45 Å². The normalized spacial score (nSPS) is 16.9. The molecule has 0 aliphatic carbocycles. The zero-order chi connectivity index (χ0) is 26.9. The molecule has 1 aliphatic rings. The van der Waals surface area contributed by atoms with E-state index in [-0.39, 0.29) is 11.9 Å². The molecule has 1 atom stereocenters. The molecule has 0 bridgehead atoms. The number of benzene rings is 3. The largest absolute Gasteiger partial charge is 0.726 e. The Bertz CT molecular complexity index is 1610. The number of fused-ring (bicyclic) bond motifs is 2. The summed E-state index contributed by atoms with van der Waals surface area (Å²) in [5, 5.41) is 4.90. The van der Waals surface area contributed by atoms with E-state index in [9.17, 15) is 17.8 Å². The molecular formula is C26H28N4O5S2. The van der Waals surface area contributed by atoms with Crippen LogP contribution in [0.3, 0.4) is 0 Å². The van der Waals surface area contributed by atoms with Crippen LogP contribution in [0.5, 0.6) is 0 Å². The van der Waals surface area contributed by atoms with E-state index in [2.05, 4.69) is 75.6 Å².